The maximum atomic E-state index is 12.4. The highest BCUT2D eigenvalue weighted by molar-refractivity contribution is 5.74. The molecule has 1 saturated carbocycles. The van der Waals surface area contributed by atoms with Crippen LogP contribution < -0.4 is 16.6 Å². The first-order chi connectivity index (χ1) is 11.9. The summed E-state index contributed by atoms with van der Waals surface area (Å²) in [4.78, 5) is 31.3. The lowest BCUT2D eigenvalue weighted by Crippen LogP contribution is -2.37. The summed E-state index contributed by atoms with van der Waals surface area (Å²) < 4.78 is 4.26. The zero-order chi connectivity index (χ0) is 18.1. The standard InChI is InChI=1S/C17H28N6O2/c1-20(12-8-6-5-7-9-12)11-10-18-16-19-14-13(21(16)2)15(24)23(4)17(25)22(14)3/h12H,5-11H2,1-4H3,(H,18,19). The van der Waals surface area contributed by atoms with Crippen molar-refractivity contribution in [2.75, 3.05) is 25.5 Å². The Bertz CT molecular complexity index is 872. The molecule has 0 bridgehead atoms. The summed E-state index contributed by atoms with van der Waals surface area (Å²) in [5.41, 5.74) is 0.172. The van der Waals surface area contributed by atoms with Crippen LogP contribution in [0.1, 0.15) is 32.1 Å². The second-order valence-corrected chi connectivity index (χ2v) is 7.07. The minimum Gasteiger partial charge on any atom is -0.354 e. The van der Waals surface area contributed by atoms with Crippen molar-refractivity contribution < 1.29 is 0 Å². The van der Waals surface area contributed by atoms with E-state index in [1.807, 2.05) is 0 Å². The van der Waals surface area contributed by atoms with Gasteiger partial charge in [-0.15, -0.1) is 0 Å². The number of imidazole rings is 1. The van der Waals surface area contributed by atoms with Crippen molar-refractivity contribution in [1.29, 1.82) is 0 Å². The number of aromatic nitrogens is 4. The molecule has 2 heterocycles. The van der Waals surface area contributed by atoms with Gasteiger partial charge in [0.2, 0.25) is 5.95 Å². The molecule has 1 fully saturated rings. The van der Waals surface area contributed by atoms with E-state index < -0.39 is 0 Å². The minimum absolute atomic E-state index is 0.319. The van der Waals surface area contributed by atoms with Gasteiger partial charge in [-0.2, -0.15) is 4.98 Å². The Hall–Kier alpha value is -2.09. The highest BCUT2D eigenvalue weighted by Crippen LogP contribution is 2.21. The Morgan fingerprint density at radius 3 is 2.44 bits per heavy atom. The molecular formula is C17H28N6O2. The SMILES string of the molecule is CN(CCNc1nc2c(c(=O)n(C)c(=O)n2C)n1C)C1CCCCC1. The third-order valence-electron chi connectivity index (χ3n) is 5.42. The van der Waals surface area contributed by atoms with Gasteiger partial charge in [-0.3, -0.25) is 13.9 Å². The van der Waals surface area contributed by atoms with E-state index in [0.29, 0.717) is 23.2 Å². The second kappa shape index (κ2) is 7.03. The minimum atomic E-state index is -0.362. The molecule has 0 saturated heterocycles. The first-order valence-corrected chi connectivity index (χ1v) is 8.98. The van der Waals surface area contributed by atoms with Crippen LogP contribution in [0.5, 0.6) is 0 Å². The maximum Gasteiger partial charge on any atom is 0.332 e. The van der Waals surface area contributed by atoms with Gasteiger partial charge < -0.3 is 14.8 Å². The van der Waals surface area contributed by atoms with Gasteiger partial charge in [-0.1, -0.05) is 19.3 Å². The highest BCUT2D eigenvalue weighted by atomic mass is 16.2. The van der Waals surface area contributed by atoms with Crippen LogP contribution >= 0.6 is 0 Å². The monoisotopic (exact) mass is 348 g/mol. The van der Waals surface area contributed by atoms with Crippen LogP contribution in [0.25, 0.3) is 11.2 Å². The van der Waals surface area contributed by atoms with Gasteiger partial charge in [0.15, 0.2) is 11.2 Å². The lowest BCUT2D eigenvalue weighted by molar-refractivity contribution is 0.198. The number of nitrogens with one attached hydrogen (secondary N) is 1. The number of aryl methyl sites for hydroxylation is 2. The molecule has 8 nitrogen and oxygen atoms in total. The smallest absolute Gasteiger partial charge is 0.332 e. The molecule has 0 spiro atoms. The lowest BCUT2D eigenvalue weighted by Gasteiger charge is -2.31. The van der Waals surface area contributed by atoms with Crippen molar-refractivity contribution in [1.82, 2.24) is 23.6 Å². The third-order valence-corrected chi connectivity index (χ3v) is 5.42. The van der Waals surface area contributed by atoms with Crippen LogP contribution in [-0.4, -0.2) is 49.8 Å². The highest BCUT2D eigenvalue weighted by Gasteiger charge is 2.19. The van der Waals surface area contributed by atoms with E-state index >= 15 is 0 Å². The van der Waals surface area contributed by atoms with Crippen molar-refractivity contribution in [3.63, 3.8) is 0 Å². The molecule has 1 N–H and O–H groups in total. The normalized spacial score (nSPS) is 16.0. The number of likely N-dealkylation sites (N-methyl/N-ethyl adjacent to an activating group) is 1. The number of nitrogens with zero attached hydrogens (tertiary/aromatic N) is 5. The predicted molar refractivity (Wildman–Crippen MR) is 99.2 cm³/mol. The molecule has 3 rings (SSSR count). The molecule has 0 unspecified atom stereocenters. The summed E-state index contributed by atoms with van der Waals surface area (Å²) in [6.45, 7) is 1.67. The lowest BCUT2D eigenvalue weighted by atomic mass is 9.94. The van der Waals surface area contributed by atoms with Gasteiger partial charge in [0.05, 0.1) is 0 Å². The first kappa shape index (κ1) is 17.7. The molecule has 1 aliphatic rings. The van der Waals surface area contributed by atoms with Gasteiger partial charge in [0.25, 0.3) is 5.56 Å². The van der Waals surface area contributed by atoms with Crippen molar-refractivity contribution in [2.45, 2.75) is 38.1 Å². The third kappa shape index (κ3) is 3.22. The topological polar surface area (TPSA) is 77.1 Å². The van der Waals surface area contributed by atoms with Crippen LogP contribution in [0.15, 0.2) is 9.59 Å². The Morgan fingerprint density at radius 2 is 1.76 bits per heavy atom. The van der Waals surface area contributed by atoms with Crippen LogP contribution in [0.3, 0.4) is 0 Å². The molecule has 25 heavy (non-hydrogen) atoms. The molecule has 8 heteroatoms. The molecular weight excluding hydrogens is 320 g/mol. The number of hydrogen-bond acceptors (Lipinski definition) is 5. The zero-order valence-corrected chi connectivity index (χ0v) is 15.6. The van der Waals surface area contributed by atoms with Gasteiger partial charge in [-0.25, -0.2) is 4.79 Å². The fourth-order valence-corrected chi connectivity index (χ4v) is 3.72. The molecule has 0 radical (unpaired) electrons. The Labute approximate surface area is 147 Å². The van der Waals surface area contributed by atoms with E-state index in [1.165, 1.54) is 43.7 Å². The Kier molecular flexibility index (Phi) is 4.99. The second-order valence-electron chi connectivity index (χ2n) is 7.07. The van der Waals surface area contributed by atoms with Gasteiger partial charge in [-0.05, 0) is 19.9 Å². The Morgan fingerprint density at radius 1 is 1.08 bits per heavy atom. The van der Waals surface area contributed by atoms with E-state index in [-0.39, 0.29) is 11.2 Å². The summed E-state index contributed by atoms with van der Waals surface area (Å²) in [5.74, 6) is 0.616. The number of hydrogen-bond donors (Lipinski definition) is 1. The van der Waals surface area contributed by atoms with E-state index in [4.69, 9.17) is 0 Å². The average molecular weight is 348 g/mol. The first-order valence-electron chi connectivity index (χ1n) is 8.98. The van der Waals surface area contributed by atoms with Crippen LogP contribution in [0.2, 0.25) is 0 Å². The summed E-state index contributed by atoms with van der Waals surface area (Å²) in [5, 5.41) is 3.31. The van der Waals surface area contributed by atoms with Crippen LogP contribution in [0, 0.1) is 0 Å². The molecule has 2 aromatic heterocycles. The molecule has 1 aliphatic carbocycles. The van der Waals surface area contributed by atoms with Crippen molar-refractivity contribution >= 4 is 17.1 Å². The van der Waals surface area contributed by atoms with E-state index in [1.54, 1.807) is 18.7 Å². The van der Waals surface area contributed by atoms with Crippen molar-refractivity contribution in [3.05, 3.63) is 20.8 Å². The number of rotatable bonds is 5. The maximum absolute atomic E-state index is 12.4. The fraction of sp³-hybridized carbons (Fsp3) is 0.706. The predicted octanol–water partition coefficient (Wildman–Crippen LogP) is 0.647. The number of anilines is 1. The Balaban J connectivity index is 1.75. The quantitative estimate of drug-likeness (QED) is 0.858. The fourth-order valence-electron chi connectivity index (χ4n) is 3.72. The summed E-state index contributed by atoms with van der Waals surface area (Å²) in [6.07, 6.45) is 6.56. The molecule has 0 aromatic carbocycles. The van der Waals surface area contributed by atoms with E-state index in [2.05, 4.69) is 22.2 Å². The van der Waals surface area contributed by atoms with Crippen LogP contribution in [-0.2, 0) is 21.1 Å². The van der Waals surface area contributed by atoms with Gasteiger partial charge >= 0.3 is 5.69 Å². The molecule has 0 aliphatic heterocycles. The molecule has 0 amide bonds. The van der Waals surface area contributed by atoms with Gasteiger partial charge in [0.1, 0.15) is 0 Å². The number of fused-ring (bicyclic) bond motifs is 1. The van der Waals surface area contributed by atoms with Crippen molar-refractivity contribution in [3.8, 4) is 0 Å². The summed E-state index contributed by atoms with van der Waals surface area (Å²) >= 11 is 0. The van der Waals surface area contributed by atoms with E-state index in [9.17, 15) is 9.59 Å². The molecule has 2 aromatic rings. The summed E-state index contributed by atoms with van der Waals surface area (Å²) in [7, 11) is 7.10. The van der Waals surface area contributed by atoms with Gasteiger partial charge in [0, 0.05) is 40.3 Å². The van der Waals surface area contributed by atoms with Crippen molar-refractivity contribution in [2.24, 2.45) is 21.1 Å². The zero-order valence-electron chi connectivity index (χ0n) is 15.6. The molecule has 0 atom stereocenters. The van der Waals surface area contributed by atoms with Crippen LogP contribution in [0.4, 0.5) is 5.95 Å². The van der Waals surface area contributed by atoms with E-state index in [0.717, 1.165) is 17.7 Å². The largest absolute Gasteiger partial charge is 0.354 e. The molecule has 138 valence electrons. The summed E-state index contributed by atoms with van der Waals surface area (Å²) in [6, 6.07) is 0.670. The average Bonchev–Trinajstić information content (AvgIpc) is 2.95.